The monoisotopic (exact) mass is 983 g/mol. The number of allylic oxidation sites excluding steroid dienone is 6. The Morgan fingerprint density at radius 1 is 0.286 bits per heavy atom. The van der Waals surface area contributed by atoms with Crippen LogP contribution in [0.15, 0.2) is 36.5 Å². The molecule has 6 heteroatoms. The van der Waals surface area contributed by atoms with Gasteiger partial charge in [-0.15, -0.1) is 0 Å². The third kappa shape index (κ3) is 56.5. The molecule has 0 bridgehead atoms. The van der Waals surface area contributed by atoms with E-state index in [1.165, 1.54) is 225 Å². The average Bonchev–Trinajstić information content (AvgIpc) is 3.36. The van der Waals surface area contributed by atoms with E-state index in [0.29, 0.717) is 19.3 Å². The molecule has 0 saturated heterocycles. The van der Waals surface area contributed by atoms with Gasteiger partial charge in [-0.25, -0.2) is 0 Å². The van der Waals surface area contributed by atoms with Crippen LogP contribution in [0.1, 0.15) is 335 Å². The number of unbranched alkanes of at least 4 members (excludes halogenated alkanes) is 40. The number of ether oxygens (including phenoxy) is 3. The summed E-state index contributed by atoms with van der Waals surface area (Å²) in [5, 5.41) is 0. The summed E-state index contributed by atoms with van der Waals surface area (Å²) < 4.78 is 16.9. The Labute approximate surface area is 435 Å². The molecule has 70 heavy (non-hydrogen) atoms. The molecule has 0 fully saturated rings. The van der Waals surface area contributed by atoms with Crippen molar-refractivity contribution in [3.63, 3.8) is 0 Å². The summed E-state index contributed by atoms with van der Waals surface area (Å²) in [5.41, 5.74) is 0. The first-order valence-corrected chi connectivity index (χ1v) is 31.0. The summed E-state index contributed by atoms with van der Waals surface area (Å²) in [6.45, 7) is 6.63. The predicted molar refractivity (Wildman–Crippen MR) is 302 cm³/mol. The van der Waals surface area contributed by atoms with Crippen molar-refractivity contribution in [1.29, 1.82) is 0 Å². The lowest BCUT2D eigenvalue weighted by Gasteiger charge is -2.18. The van der Waals surface area contributed by atoms with E-state index < -0.39 is 6.10 Å². The van der Waals surface area contributed by atoms with Crippen LogP contribution in [0.2, 0.25) is 0 Å². The van der Waals surface area contributed by atoms with E-state index in [0.717, 1.165) is 70.6 Å². The van der Waals surface area contributed by atoms with Crippen molar-refractivity contribution in [3.05, 3.63) is 36.5 Å². The van der Waals surface area contributed by atoms with E-state index in [2.05, 4.69) is 57.2 Å². The van der Waals surface area contributed by atoms with Crippen molar-refractivity contribution >= 4 is 17.9 Å². The second-order valence-corrected chi connectivity index (χ2v) is 21.0. The maximum atomic E-state index is 12.9. The topological polar surface area (TPSA) is 78.9 Å². The van der Waals surface area contributed by atoms with E-state index in [1.54, 1.807) is 0 Å². The first kappa shape index (κ1) is 67.6. The zero-order valence-electron chi connectivity index (χ0n) is 47.1. The molecule has 0 aromatic carbocycles. The fraction of sp³-hybridized carbons (Fsp3) is 0.859. The van der Waals surface area contributed by atoms with Crippen molar-refractivity contribution < 1.29 is 28.6 Å². The third-order valence-corrected chi connectivity index (χ3v) is 13.9. The first-order chi connectivity index (χ1) is 34.5. The lowest BCUT2D eigenvalue weighted by Crippen LogP contribution is -2.30. The van der Waals surface area contributed by atoms with Gasteiger partial charge < -0.3 is 14.2 Å². The smallest absolute Gasteiger partial charge is 0.306 e. The normalized spacial score (nSPS) is 12.2. The largest absolute Gasteiger partial charge is 0.462 e. The molecule has 0 aromatic rings. The maximum absolute atomic E-state index is 12.9. The fourth-order valence-corrected chi connectivity index (χ4v) is 9.16. The van der Waals surface area contributed by atoms with Crippen LogP contribution >= 0.6 is 0 Å². The second-order valence-electron chi connectivity index (χ2n) is 21.0. The molecule has 0 spiro atoms. The molecule has 6 nitrogen and oxygen atoms in total. The number of hydrogen-bond acceptors (Lipinski definition) is 6. The van der Waals surface area contributed by atoms with Gasteiger partial charge in [-0.1, -0.05) is 282 Å². The van der Waals surface area contributed by atoms with Crippen LogP contribution in [-0.2, 0) is 28.6 Å². The van der Waals surface area contributed by atoms with Crippen molar-refractivity contribution in [3.8, 4) is 0 Å². The highest BCUT2D eigenvalue weighted by atomic mass is 16.6. The van der Waals surface area contributed by atoms with Crippen LogP contribution in [0.4, 0.5) is 0 Å². The number of rotatable bonds is 57. The molecule has 0 radical (unpaired) electrons. The Hall–Kier alpha value is -2.37. The van der Waals surface area contributed by atoms with Gasteiger partial charge in [0.15, 0.2) is 6.10 Å². The SMILES string of the molecule is CCCC/C=C\CCCCCCCC(=O)OCC(COC(=O)CCCCCCCCCCC/C=C\C/C=C\CCCCCCC)OC(=O)CCCCCCCCCCCCCCCCCCCCCC. The summed E-state index contributed by atoms with van der Waals surface area (Å²) in [6, 6.07) is 0. The number of carbonyl (C=O) groups excluding carboxylic acids is 3. The summed E-state index contributed by atoms with van der Waals surface area (Å²) in [7, 11) is 0. The van der Waals surface area contributed by atoms with Gasteiger partial charge in [0, 0.05) is 19.3 Å². The fourth-order valence-electron chi connectivity index (χ4n) is 9.16. The molecule has 0 heterocycles. The number of esters is 3. The molecular weight excluding hydrogens is 865 g/mol. The maximum Gasteiger partial charge on any atom is 0.306 e. The predicted octanol–water partition coefficient (Wildman–Crippen LogP) is 20.8. The van der Waals surface area contributed by atoms with E-state index in [4.69, 9.17) is 14.2 Å². The molecule has 1 atom stereocenters. The lowest BCUT2D eigenvalue weighted by molar-refractivity contribution is -0.167. The van der Waals surface area contributed by atoms with Crippen LogP contribution in [-0.4, -0.2) is 37.2 Å². The van der Waals surface area contributed by atoms with E-state index in [1.807, 2.05) is 0 Å². The van der Waals surface area contributed by atoms with E-state index in [-0.39, 0.29) is 31.1 Å². The molecule has 0 aliphatic rings. The molecule has 0 aromatic heterocycles. The van der Waals surface area contributed by atoms with Gasteiger partial charge in [-0.2, -0.15) is 0 Å². The van der Waals surface area contributed by atoms with Crippen LogP contribution in [0.25, 0.3) is 0 Å². The molecule has 0 aliphatic carbocycles. The minimum atomic E-state index is -0.774. The summed E-state index contributed by atoms with van der Waals surface area (Å²) in [4.78, 5) is 38.2. The highest BCUT2D eigenvalue weighted by molar-refractivity contribution is 5.71. The summed E-state index contributed by atoms with van der Waals surface area (Å²) in [6.07, 6.45) is 71.5. The standard InChI is InChI=1S/C64H118O6/c1-4-7-10-13-16-19-22-24-26-28-30-32-34-35-37-39-42-45-48-51-54-57-63(66)69-60-61(59-68-62(65)56-53-50-47-44-41-21-18-15-12-9-6-3)70-64(67)58-55-52-49-46-43-40-38-36-33-31-29-27-25-23-20-17-14-11-8-5-2/h15,18,22,24,28,30,61H,4-14,16-17,19-21,23,25-27,29,31-60H2,1-3H3/b18-15-,24-22-,30-28-. The zero-order valence-corrected chi connectivity index (χ0v) is 47.1. The van der Waals surface area contributed by atoms with E-state index >= 15 is 0 Å². The molecule has 0 saturated carbocycles. The van der Waals surface area contributed by atoms with Crippen LogP contribution < -0.4 is 0 Å². The summed E-state index contributed by atoms with van der Waals surface area (Å²) in [5.74, 6) is -0.866. The van der Waals surface area contributed by atoms with E-state index in [9.17, 15) is 14.4 Å². The zero-order chi connectivity index (χ0) is 50.7. The second kappa shape index (κ2) is 59.2. The quantitative estimate of drug-likeness (QED) is 0.0261. The Balaban J connectivity index is 4.26. The van der Waals surface area contributed by atoms with Crippen molar-refractivity contribution in [2.75, 3.05) is 13.2 Å². The number of hydrogen-bond donors (Lipinski definition) is 0. The van der Waals surface area contributed by atoms with Gasteiger partial charge in [0.25, 0.3) is 0 Å². The van der Waals surface area contributed by atoms with Gasteiger partial charge in [-0.05, 0) is 70.6 Å². The van der Waals surface area contributed by atoms with Crippen LogP contribution in [0.3, 0.4) is 0 Å². The molecule has 0 N–H and O–H groups in total. The lowest BCUT2D eigenvalue weighted by atomic mass is 10.0. The molecule has 410 valence electrons. The third-order valence-electron chi connectivity index (χ3n) is 13.9. The van der Waals surface area contributed by atoms with Gasteiger partial charge in [0.1, 0.15) is 13.2 Å². The van der Waals surface area contributed by atoms with Crippen LogP contribution in [0.5, 0.6) is 0 Å². The van der Waals surface area contributed by atoms with Crippen molar-refractivity contribution in [2.24, 2.45) is 0 Å². The highest BCUT2D eigenvalue weighted by Gasteiger charge is 2.19. The Morgan fingerprint density at radius 2 is 0.529 bits per heavy atom. The molecule has 1 unspecified atom stereocenters. The Morgan fingerprint density at radius 3 is 0.843 bits per heavy atom. The van der Waals surface area contributed by atoms with Crippen LogP contribution in [0, 0.1) is 0 Å². The minimum Gasteiger partial charge on any atom is -0.462 e. The van der Waals surface area contributed by atoms with Gasteiger partial charge in [0.2, 0.25) is 0 Å². The van der Waals surface area contributed by atoms with Crippen molar-refractivity contribution in [1.82, 2.24) is 0 Å². The van der Waals surface area contributed by atoms with Crippen molar-refractivity contribution in [2.45, 2.75) is 341 Å². The highest BCUT2D eigenvalue weighted by Crippen LogP contribution is 2.17. The van der Waals surface area contributed by atoms with Gasteiger partial charge >= 0.3 is 17.9 Å². The minimum absolute atomic E-state index is 0.0733. The molecular formula is C64H118O6. The molecule has 0 amide bonds. The molecule has 0 rings (SSSR count). The van der Waals surface area contributed by atoms with Gasteiger partial charge in [0.05, 0.1) is 0 Å². The summed E-state index contributed by atoms with van der Waals surface area (Å²) >= 11 is 0. The Kier molecular flexibility index (Phi) is 57.2. The average molecular weight is 984 g/mol. The Bertz CT molecular complexity index is 1170. The molecule has 0 aliphatic heterocycles. The first-order valence-electron chi connectivity index (χ1n) is 31.0. The van der Waals surface area contributed by atoms with Gasteiger partial charge in [-0.3, -0.25) is 14.4 Å². The number of carbonyl (C=O) groups is 3.